The van der Waals surface area contributed by atoms with Crippen LogP contribution in [0.5, 0.6) is 5.75 Å². The molecule has 1 aromatic carbocycles. The number of rotatable bonds is 4. The van der Waals surface area contributed by atoms with Crippen LogP contribution in [0.2, 0.25) is 0 Å². The molecule has 1 N–H and O–H groups in total. The zero-order valence-electron chi connectivity index (χ0n) is 10.7. The summed E-state index contributed by atoms with van der Waals surface area (Å²) in [6.45, 7) is 1.66. The van der Waals surface area contributed by atoms with E-state index in [0.29, 0.717) is 17.1 Å². The van der Waals surface area contributed by atoms with Crippen LogP contribution in [0.15, 0.2) is 29.4 Å². The smallest absolute Gasteiger partial charge is 0.304 e. The van der Waals surface area contributed by atoms with E-state index in [2.05, 4.69) is 5.10 Å². The van der Waals surface area contributed by atoms with Gasteiger partial charge in [-0.15, -0.1) is 0 Å². The molecule has 0 bridgehead atoms. The number of carbonyl (C=O) groups is 2. The quantitative estimate of drug-likeness (QED) is 0.892. The van der Waals surface area contributed by atoms with Gasteiger partial charge in [0.1, 0.15) is 5.75 Å². The van der Waals surface area contributed by atoms with E-state index in [1.807, 2.05) is 0 Å². The highest BCUT2D eigenvalue weighted by Crippen LogP contribution is 2.27. The lowest BCUT2D eigenvalue weighted by atomic mass is 10.0. The van der Waals surface area contributed by atoms with Crippen LogP contribution in [-0.4, -0.2) is 29.8 Å². The van der Waals surface area contributed by atoms with Crippen molar-refractivity contribution in [3.05, 3.63) is 24.3 Å². The first kappa shape index (κ1) is 13.1. The highest BCUT2D eigenvalue weighted by Gasteiger charge is 2.35. The maximum absolute atomic E-state index is 12.1. The molecule has 0 saturated heterocycles. The summed E-state index contributed by atoms with van der Waals surface area (Å²) in [4.78, 5) is 22.9. The van der Waals surface area contributed by atoms with E-state index in [1.165, 1.54) is 5.01 Å². The van der Waals surface area contributed by atoms with Crippen molar-refractivity contribution in [1.82, 2.24) is 0 Å². The van der Waals surface area contributed by atoms with Gasteiger partial charge < -0.3 is 9.84 Å². The van der Waals surface area contributed by atoms with Gasteiger partial charge in [0.05, 0.1) is 25.1 Å². The van der Waals surface area contributed by atoms with Gasteiger partial charge >= 0.3 is 5.97 Å². The average Bonchev–Trinajstić information content (AvgIpc) is 2.66. The number of aliphatic carboxylic acids is 1. The van der Waals surface area contributed by atoms with Crippen LogP contribution in [0.25, 0.3) is 0 Å². The second-order valence-electron chi connectivity index (χ2n) is 4.24. The molecule has 2 rings (SSSR count). The second kappa shape index (κ2) is 5.09. The van der Waals surface area contributed by atoms with Crippen molar-refractivity contribution in [2.75, 3.05) is 12.1 Å². The fourth-order valence-electron chi connectivity index (χ4n) is 1.92. The molecule has 1 heterocycles. The second-order valence-corrected chi connectivity index (χ2v) is 4.24. The van der Waals surface area contributed by atoms with E-state index in [9.17, 15) is 9.59 Å². The molecule has 19 heavy (non-hydrogen) atoms. The first-order valence-electron chi connectivity index (χ1n) is 5.78. The molecule has 1 aromatic rings. The number of ether oxygens (including phenoxy) is 1. The Hall–Kier alpha value is -2.37. The van der Waals surface area contributed by atoms with Crippen LogP contribution in [0, 0.1) is 5.92 Å². The number of anilines is 1. The average molecular weight is 262 g/mol. The van der Waals surface area contributed by atoms with Gasteiger partial charge in [-0.3, -0.25) is 9.59 Å². The fourth-order valence-corrected chi connectivity index (χ4v) is 1.92. The summed E-state index contributed by atoms with van der Waals surface area (Å²) in [6, 6.07) is 6.85. The topological polar surface area (TPSA) is 79.2 Å². The van der Waals surface area contributed by atoms with Crippen LogP contribution in [-0.2, 0) is 9.59 Å². The molecular weight excluding hydrogens is 248 g/mol. The SMILES string of the molecule is COc1ccc(N2N=C(C)C(CC(=O)O)C2=O)cc1. The number of carbonyl (C=O) groups excluding carboxylic acids is 1. The molecule has 1 aliphatic rings. The Labute approximate surface area is 110 Å². The molecule has 6 nitrogen and oxygen atoms in total. The van der Waals surface area contributed by atoms with Crippen LogP contribution in [0.3, 0.4) is 0 Å². The largest absolute Gasteiger partial charge is 0.497 e. The van der Waals surface area contributed by atoms with Gasteiger partial charge in [-0.2, -0.15) is 5.10 Å². The number of nitrogens with zero attached hydrogens (tertiary/aromatic N) is 2. The van der Waals surface area contributed by atoms with E-state index in [0.717, 1.165) is 0 Å². The van der Waals surface area contributed by atoms with Crippen LogP contribution in [0.4, 0.5) is 5.69 Å². The summed E-state index contributed by atoms with van der Waals surface area (Å²) in [5.41, 5.74) is 1.11. The predicted octanol–water partition coefficient (Wildman–Crippen LogP) is 1.51. The molecule has 1 amide bonds. The van der Waals surface area contributed by atoms with E-state index in [-0.39, 0.29) is 12.3 Å². The number of methoxy groups -OCH3 is 1. The third-order valence-corrected chi connectivity index (χ3v) is 2.96. The Balaban J connectivity index is 2.22. The van der Waals surface area contributed by atoms with E-state index in [1.54, 1.807) is 38.3 Å². The summed E-state index contributed by atoms with van der Waals surface area (Å²) in [5, 5.41) is 14.2. The number of hydrazone groups is 1. The number of hydrogen-bond acceptors (Lipinski definition) is 4. The lowest BCUT2D eigenvalue weighted by molar-refractivity contribution is -0.139. The standard InChI is InChI=1S/C13H14N2O4/c1-8-11(7-12(16)17)13(18)15(14-8)9-3-5-10(19-2)6-4-9/h3-6,11H,7H2,1-2H3,(H,16,17). The molecule has 100 valence electrons. The first-order chi connectivity index (χ1) is 9.02. The molecule has 1 unspecified atom stereocenters. The van der Waals surface area contributed by atoms with Crippen molar-refractivity contribution in [2.24, 2.45) is 11.0 Å². The van der Waals surface area contributed by atoms with Gasteiger partial charge in [0.15, 0.2) is 0 Å². The minimum Gasteiger partial charge on any atom is -0.497 e. The van der Waals surface area contributed by atoms with Crippen molar-refractivity contribution in [2.45, 2.75) is 13.3 Å². The first-order valence-corrected chi connectivity index (χ1v) is 5.78. The zero-order valence-corrected chi connectivity index (χ0v) is 10.7. The van der Waals surface area contributed by atoms with E-state index in [4.69, 9.17) is 9.84 Å². The Kier molecular flexibility index (Phi) is 3.50. The molecule has 1 atom stereocenters. The maximum atomic E-state index is 12.1. The number of amides is 1. The molecule has 0 aliphatic carbocycles. The van der Waals surface area contributed by atoms with Gasteiger partial charge in [-0.05, 0) is 31.2 Å². The lowest BCUT2D eigenvalue weighted by Crippen LogP contribution is -2.28. The summed E-state index contributed by atoms with van der Waals surface area (Å²) >= 11 is 0. The van der Waals surface area contributed by atoms with Gasteiger partial charge in [-0.1, -0.05) is 0 Å². The van der Waals surface area contributed by atoms with Gasteiger partial charge in [0.25, 0.3) is 5.91 Å². The molecular formula is C13H14N2O4. The van der Waals surface area contributed by atoms with Gasteiger partial charge in [-0.25, -0.2) is 5.01 Å². The van der Waals surface area contributed by atoms with Crippen molar-refractivity contribution >= 4 is 23.3 Å². The molecule has 6 heteroatoms. The Morgan fingerprint density at radius 3 is 2.58 bits per heavy atom. The minimum absolute atomic E-state index is 0.235. The Morgan fingerprint density at radius 2 is 2.05 bits per heavy atom. The number of carboxylic acid groups (broad SMARTS) is 1. The summed E-state index contributed by atoms with van der Waals surface area (Å²) in [6.07, 6.45) is -0.235. The Morgan fingerprint density at radius 1 is 1.42 bits per heavy atom. The fraction of sp³-hybridized carbons (Fsp3) is 0.308. The van der Waals surface area contributed by atoms with E-state index < -0.39 is 11.9 Å². The minimum atomic E-state index is -1.01. The molecule has 1 aliphatic heterocycles. The normalized spacial score (nSPS) is 18.4. The Bertz CT molecular complexity index is 536. The van der Waals surface area contributed by atoms with Crippen LogP contribution in [0.1, 0.15) is 13.3 Å². The summed E-state index contributed by atoms with van der Waals surface area (Å²) in [5.74, 6) is -1.33. The van der Waals surface area contributed by atoms with Crippen LogP contribution >= 0.6 is 0 Å². The number of carboxylic acids is 1. The van der Waals surface area contributed by atoms with Crippen molar-refractivity contribution < 1.29 is 19.4 Å². The summed E-state index contributed by atoms with van der Waals surface area (Å²) in [7, 11) is 1.56. The van der Waals surface area contributed by atoms with Crippen molar-refractivity contribution in [1.29, 1.82) is 0 Å². The number of benzene rings is 1. The third kappa shape index (κ3) is 2.57. The molecule has 0 saturated carbocycles. The predicted molar refractivity (Wildman–Crippen MR) is 69.3 cm³/mol. The monoisotopic (exact) mass is 262 g/mol. The highest BCUT2D eigenvalue weighted by molar-refractivity contribution is 6.16. The van der Waals surface area contributed by atoms with Crippen molar-refractivity contribution in [3.8, 4) is 5.75 Å². The van der Waals surface area contributed by atoms with Crippen molar-refractivity contribution in [3.63, 3.8) is 0 Å². The molecule has 0 fully saturated rings. The summed E-state index contributed by atoms with van der Waals surface area (Å²) < 4.78 is 5.04. The van der Waals surface area contributed by atoms with Gasteiger partial charge in [0, 0.05) is 5.71 Å². The number of hydrogen-bond donors (Lipinski definition) is 1. The lowest BCUT2D eigenvalue weighted by Gasteiger charge is -2.13. The van der Waals surface area contributed by atoms with Crippen LogP contribution < -0.4 is 9.75 Å². The molecule has 0 radical (unpaired) electrons. The zero-order chi connectivity index (χ0) is 14.0. The molecule has 0 spiro atoms. The maximum Gasteiger partial charge on any atom is 0.304 e. The van der Waals surface area contributed by atoms with E-state index >= 15 is 0 Å². The third-order valence-electron chi connectivity index (χ3n) is 2.96. The van der Waals surface area contributed by atoms with Gasteiger partial charge in [0.2, 0.25) is 0 Å². The highest BCUT2D eigenvalue weighted by atomic mass is 16.5. The molecule has 0 aromatic heterocycles.